The summed E-state index contributed by atoms with van der Waals surface area (Å²) >= 11 is 0. The van der Waals surface area contributed by atoms with Gasteiger partial charge in [-0.15, -0.1) is 0 Å². The van der Waals surface area contributed by atoms with Crippen molar-refractivity contribution in [3.63, 3.8) is 0 Å². The lowest BCUT2D eigenvalue weighted by atomic mass is 10.2. The van der Waals surface area contributed by atoms with Crippen molar-refractivity contribution in [3.8, 4) is 0 Å². The van der Waals surface area contributed by atoms with E-state index < -0.39 is 5.82 Å². The van der Waals surface area contributed by atoms with Crippen LogP contribution in [0.3, 0.4) is 0 Å². The molecule has 23 heavy (non-hydrogen) atoms. The molecule has 0 aliphatic rings. The van der Waals surface area contributed by atoms with Gasteiger partial charge in [0.1, 0.15) is 11.5 Å². The minimum absolute atomic E-state index is 0.270. The summed E-state index contributed by atoms with van der Waals surface area (Å²) in [7, 11) is 0. The Morgan fingerprint density at radius 1 is 1.17 bits per heavy atom. The average Bonchev–Trinajstić information content (AvgIpc) is 2.92. The molecule has 6 heteroatoms. The molecule has 4 rings (SSSR count). The van der Waals surface area contributed by atoms with Crippen LogP contribution in [-0.4, -0.2) is 18.9 Å². The molecule has 0 aliphatic carbocycles. The third-order valence-corrected chi connectivity index (χ3v) is 3.77. The van der Waals surface area contributed by atoms with Gasteiger partial charge in [-0.2, -0.15) is 0 Å². The summed E-state index contributed by atoms with van der Waals surface area (Å²) in [6.45, 7) is 2.30. The molecule has 3 heterocycles. The Labute approximate surface area is 130 Å². The SMILES string of the molecule is Cc1ccc2nc(Cn3cnc4ccc(F)cc4c3=O)cn2c1. The highest BCUT2D eigenvalue weighted by molar-refractivity contribution is 5.77. The van der Waals surface area contributed by atoms with Crippen molar-refractivity contribution in [1.82, 2.24) is 18.9 Å². The van der Waals surface area contributed by atoms with Crippen molar-refractivity contribution in [2.24, 2.45) is 0 Å². The molecule has 114 valence electrons. The van der Waals surface area contributed by atoms with Crippen LogP contribution in [0.25, 0.3) is 16.6 Å². The van der Waals surface area contributed by atoms with E-state index in [1.807, 2.05) is 35.9 Å². The van der Waals surface area contributed by atoms with E-state index in [-0.39, 0.29) is 10.9 Å². The predicted molar refractivity (Wildman–Crippen MR) is 85.0 cm³/mol. The van der Waals surface area contributed by atoms with Gasteiger partial charge < -0.3 is 4.40 Å². The molecular weight excluding hydrogens is 295 g/mol. The third kappa shape index (κ3) is 2.38. The molecule has 0 aliphatic heterocycles. The zero-order valence-electron chi connectivity index (χ0n) is 12.4. The van der Waals surface area contributed by atoms with Crippen LogP contribution in [0.15, 0.2) is 53.8 Å². The van der Waals surface area contributed by atoms with E-state index in [0.29, 0.717) is 12.1 Å². The van der Waals surface area contributed by atoms with Crippen LogP contribution in [0.1, 0.15) is 11.3 Å². The Morgan fingerprint density at radius 3 is 2.91 bits per heavy atom. The van der Waals surface area contributed by atoms with Crippen molar-refractivity contribution in [3.05, 3.63) is 76.5 Å². The number of aryl methyl sites for hydroxylation is 1. The molecule has 0 radical (unpaired) electrons. The molecule has 0 N–H and O–H groups in total. The molecule has 1 aromatic carbocycles. The molecule has 0 saturated heterocycles. The number of nitrogens with zero attached hydrogens (tertiary/aromatic N) is 4. The first-order valence-electron chi connectivity index (χ1n) is 7.19. The Hall–Kier alpha value is -3.02. The van der Waals surface area contributed by atoms with Crippen LogP contribution in [0.2, 0.25) is 0 Å². The summed E-state index contributed by atoms with van der Waals surface area (Å²) in [4.78, 5) is 21.2. The van der Waals surface area contributed by atoms with Crippen LogP contribution in [-0.2, 0) is 6.54 Å². The highest BCUT2D eigenvalue weighted by Gasteiger charge is 2.08. The number of hydrogen-bond acceptors (Lipinski definition) is 3. The molecule has 3 aromatic heterocycles. The molecule has 0 amide bonds. The number of hydrogen-bond donors (Lipinski definition) is 0. The summed E-state index contributed by atoms with van der Waals surface area (Å²) in [5, 5.41) is 0.270. The minimum atomic E-state index is -0.447. The molecule has 4 aromatic rings. The quantitative estimate of drug-likeness (QED) is 0.572. The van der Waals surface area contributed by atoms with Gasteiger partial charge in [0.05, 0.1) is 29.5 Å². The maximum atomic E-state index is 13.4. The van der Waals surface area contributed by atoms with Crippen LogP contribution in [0.4, 0.5) is 4.39 Å². The molecular formula is C17H13FN4O. The van der Waals surface area contributed by atoms with Gasteiger partial charge in [0.25, 0.3) is 5.56 Å². The first kappa shape index (κ1) is 13.6. The Morgan fingerprint density at radius 2 is 2.04 bits per heavy atom. The van der Waals surface area contributed by atoms with Gasteiger partial charge in [0.15, 0.2) is 0 Å². The summed E-state index contributed by atoms with van der Waals surface area (Å²) < 4.78 is 16.7. The lowest BCUT2D eigenvalue weighted by Gasteiger charge is -2.04. The summed E-state index contributed by atoms with van der Waals surface area (Å²) in [5.74, 6) is -0.447. The lowest BCUT2D eigenvalue weighted by Crippen LogP contribution is -2.21. The summed E-state index contributed by atoms with van der Waals surface area (Å²) in [6.07, 6.45) is 5.32. The van der Waals surface area contributed by atoms with E-state index in [0.717, 1.165) is 16.9 Å². The number of pyridine rings is 1. The average molecular weight is 308 g/mol. The van der Waals surface area contributed by atoms with Gasteiger partial charge in [0.2, 0.25) is 0 Å². The number of fused-ring (bicyclic) bond motifs is 2. The van der Waals surface area contributed by atoms with Crippen molar-refractivity contribution in [2.75, 3.05) is 0 Å². The smallest absolute Gasteiger partial charge is 0.261 e. The van der Waals surface area contributed by atoms with E-state index in [2.05, 4.69) is 9.97 Å². The van der Waals surface area contributed by atoms with E-state index >= 15 is 0 Å². The van der Waals surface area contributed by atoms with Crippen LogP contribution >= 0.6 is 0 Å². The van der Waals surface area contributed by atoms with Crippen molar-refractivity contribution in [2.45, 2.75) is 13.5 Å². The van der Waals surface area contributed by atoms with E-state index in [1.165, 1.54) is 29.1 Å². The zero-order valence-corrected chi connectivity index (χ0v) is 12.4. The van der Waals surface area contributed by atoms with Crippen LogP contribution in [0.5, 0.6) is 0 Å². The maximum Gasteiger partial charge on any atom is 0.261 e. The molecule has 0 spiro atoms. The van der Waals surface area contributed by atoms with Gasteiger partial charge in [-0.05, 0) is 36.8 Å². The van der Waals surface area contributed by atoms with E-state index in [4.69, 9.17) is 0 Å². The van der Waals surface area contributed by atoms with Crippen molar-refractivity contribution >= 4 is 16.6 Å². The number of halogens is 1. The molecule has 5 nitrogen and oxygen atoms in total. The normalized spacial score (nSPS) is 11.4. The summed E-state index contributed by atoms with van der Waals surface area (Å²) in [5.41, 5.74) is 2.90. The Balaban J connectivity index is 1.79. The maximum absolute atomic E-state index is 13.4. The van der Waals surface area contributed by atoms with Crippen LogP contribution < -0.4 is 5.56 Å². The summed E-state index contributed by atoms with van der Waals surface area (Å²) in [6, 6.07) is 7.93. The number of benzene rings is 1. The van der Waals surface area contributed by atoms with E-state index in [9.17, 15) is 9.18 Å². The first-order chi connectivity index (χ1) is 11.1. The zero-order chi connectivity index (χ0) is 16.0. The fourth-order valence-electron chi connectivity index (χ4n) is 2.65. The Bertz CT molecular complexity index is 1100. The largest absolute Gasteiger partial charge is 0.306 e. The molecule has 0 bridgehead atoms. The van der Waals surface area contributed by atoms with Crippen molar-refractivity contribution in [1.29, 1.82) is 0 Å². The second kappa shape index (κ2) is 5.01. The fourth-order valence-corrected chi connectivity index (χ4v) is 2.65. The highest BCUT2D eigenvalue weighted by atomic mass is 19.1. The number of aromatic nitrogens is 4. The monoisotopic (exact) mass is 308 g/mol. The van der Waals surface area contributed by atoms with Crippen LogP contribution in [0, 0.1) is 12.7 Å². The van der Waals surface area contributed by atoms with E-state index in [1.54, 1.807) is 0 Å². The molecule has 0 unspecified atom stereocenters. The highest BCUT2D eigenvalue weighted by Crippen LogP contribution is 2.11. The Kier molecular flexibility index (Phi) is 2.97. The van der Waals surface area contributed by atoms with Gasteiger partial charge in [-0.25, -0.2) is 14.4 Å². The lowest BCUT2D eigenvalue weighted by molar-refractivity contribution is 0.629. The number of rotatable bonds is 2. The fraction of sp³-hybridized carbons (Fsp3) is 0.118. The van der Waals surface area contributed by atoms with Gasteiger partial charge in [-0.3, -0.25) is 9.36 Å². The third-order valence-electron chi connectivity index (χ3n) is 3.77. The van der Waals surface area contributed by atoms with Gasteiger partial charge in [0, 0.05) is 12.4 Å². The van der Waals surface area contributed by atoms with Gasteiger partial charge >= 0.3 is 0 Å². The standard InChI is InChI=1S/C17H13FN4O/c1-11-2-5-16-20-13(8-21(16)7-11)9-22-10-19-15-4-3-12(18)6-14(15)17(22)23/h2-8,10H,9H2,1H3. The van der Waals surface area contributed by atoms with Crippen molar-refractivity contribution < 1.29 is 4.39 Å². The second-order valence-corrected chi connectivity index (χ2v) is 5.54. The molecule has 0 fully saturated rings. The molecule has 0 atom stereocenters. The molecule has 0 saturated carbocycles. The minimum Gasteiger partial charge on any atom is -0.306 e. The van der Waals surface area contributed by atoms with Gasteiger partial charge in [-0.1, -0.05) is 6.07 Å². The topological polar surface area (TPSA) is 52.2 Å². The first-order valence-corrected chi connectivity index (χ1v) is 7.19. The second-order valence-electron chi connectivity index (χ2n) is 5.54. The number of imidazole rings is 1. The predicted octanol–water partition coefficient (Wildman–Crippen LogP) is 2.54.